The second-order valence-electron chi connectivity index (χ2n) is 6.56. The van der Waals surface area contributed by atoms with E-state index in [4.69, 9.17) is 4.74 Å². The van der Waals surface area contributed by atoms with Gasteiger partial charge in [0.05, 0.1) is 18.5 Å². The fourth-order valence-electron chi connectivity index (χ4n) is 2.48. The minimum atomic E-state index is -3.60. The van der Waals surface area contributed by atoms with Gasteiger partial charge in [0, 0.05) is 17.6 Å². The molecule has 164 valence electrons. The van der Waals surface area contributed by atoms with Crippen molar-refractivity contribution < 1.29 is 22.7 Å². The van der Waals surface area contributed by atoms with E-state index in [9.17, 15) is 18.0 Å². The summed E-state index contributed by atoms with van der Waals surface area (Å²) in [5, 5.41) is 6.81. The molecule has 0 saturated heterocycles. The summed E-state index contributed by atoms with van der Waals surface area (Å²) >= 11 is 2.41. The van der Waals surface area contributed by atoms with Gasteiger partial charge in [0.15, 0.2) is 0 Å². The van der Waals surface area contributed by atoms with Gasteiger partial charge in [-0.2, -0.15) is 0 Å². The number of esters is 1. The van der Waals surface area contributed by atoms with E-state index in [-0.39, 0.29) is 36.1 Å². The van der Waals surface area contributed by atoms with Gasteiger partial charge in [0.25, 0.3) is 0 Å². The van der Waals surface area contributed by atoms with Crippen molar-refractivity contribution in [3.63, 3.8) is 0 Å². The molecule has 0 spiro atoms. The van der Waals surface area contributed by atoms with Crippen molar-refractivity contribution in [2.45, 2.75) is 30.6 Å². The van der Waals surface area contributed by atoms with Crippen molar-refractivity contribution in [2.75, 3.05) is 11.9 Å². The van der Waals surface area contributed by atoms with E-state index in [1.54, 1.807) is 16.8 Å². The molecule has 0 aliphatic rings. The largest absolute Gasteiger partial charge is 0.459 e. The van der Waals surface area contributed by atoms with Gasteiger partial charge in [0.2, 0.25) is 15.9 Å². The lowest BCUT2D eigenvalue weighted by Crippen LogP contribution is -2.26. The Labute approximate surface area is 188 Å². The minimum absolute atomic E-state index is 0.0351. The molecule has 0 aliphatic heterocycles. The standard InChI is InChI=1S/C20H21N3O5S3/c1-14-4-6-15(7-5-14)22-17(24)11-18-23-16(13-30-18)12-28-19(25)8-9-21-31(26,27)20-3-2-10-29-20/h2-7,10,13,21H,8-9,11-12H2,1H3,(H,22,24). The van der Waals surface area contributed by atoms with E-state index in [0.717, 1.165) is 22.6 Å². The first kappa shape index (κ1) is 23.1. The lowest BCUT2D eigenvalue weighted by Gasteiger charge is -2.05. The highest BCUT2D eigenvalue weighted by Gasteiger charge is 2.15. The highest BCUT2D eigenvalue weighted by atomic mass is 32.2. The van der Waals surface area contributed by atoms with Crippen LogP contribution in [0.3, 0.4) is 0 Å². The number of nitrogens with one attached hydrogen (secondary N) is 2. The number of carbonyl (C=O) groups excluding carboxylic acids is 2. The van der Waals surface area contributed by atoms with Crippen molar-refractivity contribution >= 4 is 50.3 Å². The fourth-order valence-corrected chi connectivity index (χ4v) is 5.32. The minimum Gasteiger partial charge on any atom is -0.459 e. The molecular formula is C20H21N3O5S3. The van der Waals surface area contributed by atoms with E-state index in [0.29, 0.717) is 10.7 Å². The third kappa shape index (κ3) is 7.24. The summed E-state index contributed by atoms with van der Waals surface area (Å²) in [6, 6.07) is 10.6. The van der Waals surface area contributed by atoms with E-state index in [1.165, 1.54) is 17.4 Å². The molecule has 0 fully saturated rings. The van der Waals surface area contributed by atoms with Crippen LogP contribution >= 0.6 is 22.7 Å². The van der Waals surface area contributed by atoms with Crippen LogP contribution in [0.5, 0.6) is 0 Å². The molecule has 0 radical (unpaired) electrons. The molecule has 1 amide bonds. The fraction of sp³-hybridized carbons (Fsp3) is 0.250. The lowest BCUT2D eigenvalue weighted by atomic mass is 10.2. The number of carbonyl (C=O) groups is 2. The van der Waals surface area contributed by atoms with Crippen molar-refractivity contribution in [3.05, 3.63) is 63.4 Å². The first-order valence-electron chi connectivity index (χ1n) is 9.30. The number of benzene rings is 1. The maximum atomic E-state index is 12.1. The number of ether oxygens (including phenoxy) is 1. The van der Waals surface area contributed by atoms with E-state index < -0.39 is 16.0 Å². The van der Waals surface area contributed by atoms with Gasteiger partial charge < -0.3 is 10.1 Å². The molecule has 2 N–H and O–H groups in total. The number of aryl methyl sites for hydroxylation is 1. The predicted molar refractivity (Wildman–Crippen MR) is 120 cm³/mol. The monoisotopic (exact) mass is 479 g/mol. The zero-order chi connectivity index (χ0) is 22.3. The second kappa shape index (κ2) is 10.6. The van der Waals surface area contributed by atoms with Crippen LogP contribution in [0.1, 0.15) is 22.7 Å². The number of anilines is 1. The van der Waals surface area contributed by atoms with Gasteiger partial charge >= 0.3 is 5.97 Å². The second-order valence-corrected chi connectivity index (χ2v) is 10.4. The summed E-state index contributed by atoms with van der Waals surface area (Å²) in [4.78, 5) is 28.3. The number of thiazole rings is 1. The normalized spacial score (nSPS) is 11.3. The molecule has 1 aromatic carbocycles. The third-order valence-corrected chi connectivity index (χ3v) is 7.76. The third-order valence-electron chi connectivity index (χ3n) is 4.01. The van der Waals surface area contributed by atoms with Gasteiger partial charge in [-0.05, 0) is 30.5 Å². The van der Waals surface area contributed by atoms with Gasteiger partial charge in [-0.1, -0.05) is 23.8 Å². The molecule has 8 nitrogen and oxygen atoms in total. The summed E-state index contributed by atoms with van der Waals surface area (Å²) in [5.41, 5.74) is 2.36. The molecule has 0 saturated carbocycles. The van der Waals surface area contributed by atoms with Crippen LogP contribution in [0.15, 0.2) is 51.4 Å². The van der Waals surface area contributed by atoms with Crippen LogP contribution in [0, 0.1) is 6.92 Å². The van der Waals surface area contributed by atoms with Crippen LogP contribution in [0.4, 0.5) is 5.69 Å². The number of amides is 1. The number of hydrogen-bond donors (Lipinski definition) is 2. The molecule has 0 atom stereocenters. The molecule has 11 heteroatoms. The summed E-state index contributed by atoms with van der Waals surface area (Å²) in [6.45, 7) is 1.88. The first-order valence-corrected chi connectivity index (χ1v) is 12.5. The molecule has 2 heterocycles. The van der Waals surface area contributed by atoms with Crippen LogP contribution in [-0.4, -0.2) is 31.8 Å². The summed E-state index contributed by atoms with van der Waals surface area (Å²) < 4.78 is 31.7. The van der Waals surface area contributed by atoms with Crippen LogP contribution < -0.4 is 10.0 Å². The summed E-state index contributed by atoms with van der Waals surface area (Å²) in [5.74, 6) is -0.722. The topological polar surface area (TPSA) is 114 Å². The van der Waals surface area contributed by atoms with Crippen LogP contribution in [0.2, 0.25) is 0 Å². The molecule has 3 aromatic rings. The Kier molecular flexibility index (Phi) is 7.91. The Bertz CT molecular complexity index is 1120. The molecule has 3 rings (SSSR count). The van der Waals surface area contributed by atoms with Gasteiger partial charge in [-0.15, -0.1) is 22.7 Å². The van der Waals surface area contributed by atoms with Crippen molar-refractivity contribution in [2.24, 2.45) is 0 Å². The lowest BCUT2D eigenvalue weighted by molar-refractivity contribution is -0.144. The SMILES string of the molecule is Cc1ccc(NC(=O)Cc2nc(COC(=O)CCNS(=O)(=O)c3cccs3)cs2)cc1. The van der Waals surface area contributed by atoms with E-state index >= 15 is 0 Å². The first-order chi connectivity index (χ1) is 14.8. The van der Waals surface area contributed by atoms with E-state index in [1.807, 2.05) is 31.2 Å². The zero-order valence-corrected chi connectivity index (χ0v) is 19.1. The highest BCUT2D eigenvalue weighted by Crippen LogP contribution is 2.16. The highest BCUT2D eigenvalue weighted by molar-refractivity contribution is 7.91. The van der Waals surface area contributed by atoms with E-state index in [2.05, 4.69) is 15.0 Å². The molecule has 31 heavy (non-hydrogen) atoms. The van der Waals surface area contributed by atoms with Crippen LogP contribution in [-0.2, 0) is 37.4 Å². The zero-order valence-electron chi connectivity index (χ0n) is 16.7. The Morgan fingerprint density at radius 1 is 1.13 bits per heavy atom. The molecule has 0 aliphatic carbocycles. The number of hydrogen-bond acceptors (Lipinski definition) is 8. The molecule has 0 bridgehead atoms. The number of thiophene rings is 1. The Morgan fingerprint density at radius 2 is 1.90 bits per heavy atom. The van der Waals surface area contributed by atoms with Crippen molar-refractivity contribution in [1.82, 2.24) is 9.71 Å². The quantitative estimate of drug-likeness (QED) is 0.432. The maximum Gasteiger partial charge on any atom is 0.307 e. The van der Waals surface area contributed by atoms with Crippen molar-refractivity contribution in [1.29, 1.82) is 0 Å². The van der Waals surface area contributed by atoms with Crippen molar-refractivity contribution in [3.8, 4) is 0 Å². The summed E-state index contributed by atoms with van der Waals surface area (Å²) in [6.07, 6.45) is 0.0253. The maximum absolute atomic E-state index is 12.1. The molecular weight excluding hydrogens is 458 g/mol. The van der Waals surface area contributed by atoms with Gasteiger partial charge in [-0.25, -0.2) is 18.1 Å². The molecule has 2 aromatic heterocycles. The number of aromatic nitrogens is 1. The average Bonchev–Trinajstić information content (AvgIpc) is 3.41. The Hall–Kier alpha value is -2.60. The Morgan fingerprint density at radius 3 is 2.61 bits per heavy atom. The van der Waals surface area contributed by atoms with Gasteiger partial charge in [-0.3, -0.25) is 9.59 Å². The average molecular weight is 480 g/mol. The predicted octanol–water partition coefficient (Wildman–Crippen LogP) is 3.11. The van der Waals surface area contributed by atoms with Crippen LogP contribution in [0.25, 0.3) is 0 Å². The van der Waals surface area contributed by atoms with Gasteiger partial charge in [0.1, 0.15) is 15.8 Å². The smallest absolute Gasteiger partial charge is 0.307 e. The number of nitrogens with zero attached hydrogens (tertiary/aromatic N) is 1. The number of rotatable bonds is 10. The summed E-state index contributed by atoms with van der Waals surface area (Å²) in [7, 11) is -3.60. The number of sulfonamides is 1. The Balaban J connectivity index is 1.38. The molecule has 0 unspecified atom stereocenters.